The van der Waals surface area contributed by atoms with Crippen molar-refractivity contribution in [2.24, 2.45) is 0 Å². The van der Waals surface area contributed by atoms with E-state index in [1.165, 1.54) is 12.3 Å². The number of nitrogens with zero attached hydrogens (tertiary/aromatic N) is 1. The number of hydrogen-bond donors (Lipinski definition) is 2. The van der Waals surface area contributed by atoms with E-state index in [0.717, 1.165) is 0 Å². The lowest BCUT2D eigenvalue weighted by Crippen LogP contribution is -1.92. The van der Waals surface area contributed by atoms with Crippen LogP contribution in [-0.2, 0) is 0 Å². The molecule has 0 fully saturated rings. The first-order valence-electron chi connectivity index (χ1n) is 4.59. The second kappa shape index (κ2) is 3.06. The number of ether oxygens (including phenoxy) is 2. The van der Waals surface area contributed by atoms with Crippen LogP contribution in [0.3, 0.4) is 0 Å². The highest BCUT2D eigenvalue weighted by atomic mass is 16.7. The molecular formula is C10H8N2O4. The maximum absolute atomic E-state index is 9.81. The molecule has 2 heterocycles. The van der Waals surface area contributed by atoms with Crippen LogP contribution in [0.5, 0.6) is 17.2 Å². The molecule has 3 rings (SSSR count). The minimum Gasteiger partial charge on any atom is -0.507 e. The van der Waals surface area contributed by atoms with Gasteiger partial charge >= 0.3 is 0 Å². The fraction of sp³-hybridized carbons (Fsp3) is 0.100. The summed E-state index contributed by atoms with van der Waals surface area (Å²) >= 11 is 0. The van der Waals surface area contributed by atoms with Crippen LogP contribution in [0.1, 0.15) is 0 Å². The third kappa shape index (κ3) is 1.16. The van der Waals surface area contributed by atoms with Crippen molar-refractivity contribution < 1.29 is 19.1 Å². The quantitative estimate of drug-likeness (QED) is 0.753. The van der Waals surface area contributed by atoms with Crippen molar-refractivity contribution in [1.29, 1.82) is 0 Å². The van der Waals surface area contributed by atoms with Gasteiger partial charge in [0.1, 0.15) is 5.75 Å². The van der Waals surface area contributed by atoms with E-state index in [1.54, 1.807) is 6.07 Å². The van der Waals surface area contributed by atoms with Crippen LogP contribution in [0, 0.1) is 0 Å². The summed E-state index contributed by atoms with van der Waals surface area (Å²) in [5.41, 5.74) is 6.60. The topological polar surface area (TPSA) is 90.7 Å². The van der Waals surface area contributed by atoms with Gasteiger partial charge in [-0.3, -0.25) is 0 Å². The average Bonchev–Trinajstić information content (AvgIpc) is 2.85. The number of aromatic nitrogens is 1. The fourth-order valence-corrected chi connectivity index (χ4v) is 1.60. The highest BCUT2D eigenvalue weighted by Gasteiger charge is 2.20. The Kier molecular flexibility index (Phi) is 1.70. The minimum absolute atomic E-state index is 0.0409. The first-order chi connectivity index (χ1) is 7.75. The van der Waals surface area contributed by atoms with Crippen molar-refractivity contribution in [2.75, 3.05) is 12.5 Å². The lowest BCUT2D eigenvalue weighted by molar-refractivity contribution is 0.174. The molecule has 1 aliphatic heterocycles. The number of fused-ring (bicyclic) bond motifs is 1. The SMILES string of the molecule is Nc1oncc1-c1cc2c(cc1O)OCO2. The van der Waals surface area contributed by atoms with Gasteiger partial charge in [0.05, 0.1) is 11.8 Å². The van der Waals surface area contributed by atoms with E-state index in [4.69, 9.17) is 19.7 Å². The molecule has 0 atom stereocenters. The Labute approximate surface area is 90.2 Å². The molecular weight excluding hydrogens is 212 g/mol. The summed E-state index contributed by atoms with van der Waals surface area (Å²) < 4.78 is 15.1. The summed E-state index contributed by atoms with van der Waals surface area (Å²) in [5.74, 6) is 1.26. The van der Waals surface area contributed by atoms with Crippen molar-refractivity contribution in [1.82, 2.24) is 5.16 Å². The molecule has 0 saturated heterocycles. The van der Waals surface area contributed by atoms with Gasteiger partial charge in [-0.1, -0.05) is 5.16 Å². The summed E-state index contributed by atoms with van der Waals surface area (Å²) in [7, 11) is 0. The number of benzene rings is 1. The molecule has 1 aromatic carbocycles. The smallest absolute Gasteiger partial charge is 0.231 e. The lowest BCUT2D eigenvalue weighted by Gasteiger charge is -2.04. The molecule has 6 heteroatoms. The Morgan fingerprint density at radius 2 is 1.94 bits per heavy atom. The molecule has 0 spiro atoms. The molecule has 82 valence electrons. The van der Waals surface area contributed by atoms with Crippen LogP contribution in [0.2, 0.25) is 0 Å². The highest BCUT2D eigenvalue weighted by Crippen LogP contribution is 2.43. The zero-order chi connectivity index (χ0) is 11.1. The number of hydrogen-bond acceptors (Lipinski definition) is 6. The van der Waals surface area contributed by atoms with E-state index < -0.39 is 0 Å². The second-order valence-electron chi connectivity index (χ2n) is 3.33. The molecule has 1 aromatic heterocycles. The normalized spacial score (nSPS) is 13.0. The zero-order valence-electron chi connectivity index (χ0n) is 8.14. The van der Waals surface area contributed by atoms with E-state index in [1.807, 2.05) is 0 Å². The van der Waals surface area contributed by atoms with Gasteiger partial charge in [-0.15, -0.1) is 0 Å². The second-order valence-corrected chi connectivity index (χ2v) is 3.33. The van der Waals surface area contributed by atoms with Crippen molar-refractivity contribution in [3.8, 4) is 28.4 Å². The van der Waals surface area contributed by atoms with Gasteiger partial charge in [0.2, 0.25) is 12.7 Å². The van der Waals surface area contributed by atoms with Crippen molar-refractivity contribution in [3.05, 3.63) is 18.3 Å². The summed E-state index contributed by atoms with van der Waals surface area (Å²) in [6.07, 6.45) is 1.44. The molecule has 0 radical (unpaired) electrons. The molecule has 0 aliphatic carbocycles. The van der Waals surface area contributed by atoms with Crippen molar-refractivity contribution in [2.45, 2.75) is 0 Å². The summed E-state index contributed by atoms with van der Waals surface area (Å²) in [6, 6.07) is 3.12. The Hall–Kier alpha value is -2.37. The van der Waals surface area contributed by atoms with E-state index in [2.05, 4.69) is 5.16 Å². The number of nitrogens with two attached hydrogens (primary N) is 1. The lowest BCUT2D eigenvalue weighted by atomic mass is 10.1. The molecule has 2 aromatic rings. The third-order valence-electron chi connectivity index (χ3n) is 2.38. The molecule has 16 heavy (non-hydrogen) atoms. The molecule has 0 bridgehead atoms. The molecule has 3 N–H and O–H groups in total. The summed E-state index contributed by atoms with van der Waals surface area (Å²) in [6.45, 7) is 0.150. The largest absolute Gasteiger partial charge is 0.507 e. The maximum atomic E-state index is 9.81. The zero-order valence-corrected chi connectivity index (χ0v) is 8.14. The van der Waals surface area contributed by atoms with Gasteiger partial charge in [-0.2, -0.15) is 0 Å². The minimum atomic E-state index is 0.0409. The molecule has 0 saturated carbocycles. The molecule has 6 nitrogen and oxygen atoms in total. The van der Waals surface area contributed by atoms with Crippen LogP contribution in [0.4, 0.5) is 5.88 Å². The van der Waals surface area contributed by atoms with Gasteiger partial charge in [0.25, 0.3) is 0 Å². The standard InChI is InChI=1S/C10H8N2O4/c11-10-6(3-12-16-10)5-1-8-9(2-7(5)13)15-4-14-8/h1-3,13H,4,11H2. The number of nitrogen functional groups attached to an aromatic ring is 1. The maximum Gasteiger partial charge on any atom is 0.231 e. The van der Waals surface area contributed by atoms with E-state index in [-0.39, 0.29) is 18.4 Å². The first kappa shape index (κ1) is 8.90. The van der Waals surface area contributed by atoms with Crippen LogP contribution in [-0.4, -0.2) is 17.1 Å². The predicted octanol–water partition coefficient (Wildman–Crippen LogP) is 1.36. The van der Waals surface area contributed by atoms with Crippen molar-refractivity contribution in [3.63, 3.8) is 0 Å². The Morgan fingerprint density at radius 3 is 2.62 bits per heavy atom. The van der Waals surface area contributed by atoms with Gasteiger partial charge in [-0.05, 0) is 6.07 Å². The number of phenolic OH excluding ortho intramolecular Hbond substituents is 1. The Morgan fingerprint density at radius 1 is 1.19 bits per heavy atom. The van der Waals surface area contributed by atoms with Gasteiger partial charge in [0, 0.05) is 11.6 Å². The number of phenols is 1. The fourth-order valence-electron chi connectivity index (χ4n) is 1.60. The highest BCUT2D eigenvalue weighted by molar-refractivity contribution is 5.79. The Balaban J connectivity index is 2.18. The van der Waals surface area contributed by atoms with Gasteiger partial charge in [0.15, 0.2) is 11.5 Å². The summed E-state index contributed by atoms with van der Waals surface area (Å²) in [4.78, 5) is 0. The number of anilines is 1. The molecule has 0 unspecified atom stereocenters. The van der Waals surface area contributed by atoms with E-state index in [9.17, 15) is 5.11 Å². The monoisotopic (exact) mass is 220 g/mol. The van der Waals surface area contributed by atoms with Crippen LogP contribution in [0.25, 0.3) is 11.1 Å². The third-order valence-corrected chi connectivity index (χ3v) is 2.38. The average molecular weight is 220 g/mol. The molecule has 1 aliphatic rings. The van der Waals surface area contributed by atoms with Gasteiger partial charge in [-0.25, -0.2) is 0 Å². The molecule has 0 amide bonds. The van der Waals surface area contributed by atoms with E-state index >= 15 is 0 Å². The Bertz CT molecular complexity index is 550. The van der Waals surface area contributed by atoms with Gasteiger partial charge < -0.3 is 24.8 Å². The number of rotatable bonds is 1. The van der Waals surface area contributed by atoms with Crippen LogP contribution in [0.15, 0.2) is 22.9 Å². The van der Waals surface area contributed by atoms with E-state index in [0.29, 0.717) is 22.6 Å². The van der Waals surface area contributed by atoms with Crippen molar-refractivity contribution >= 4 is 5.88 Å². The van der Waals surface area contributed by atoms with Crippen LogP contribution >= 0.6 is 0 Å². The number of aromatic hydroxyl groups is 1. The first-order valence-corrected chi connectivity index (χ1v) is 4.59. The predicted molar refractivity (Wildman–Crippen MR) is 54.1 cm³/mol. The van der Waals surface area contributed by atoms with Crippen LogP contribution < -0.4 is 15.2 Å². The summed E-state index contributed by atoms with van der Waals surface area (Å²) in [5, 5.41) is 13.4.